The van der Waals surface area contributed by atoms with E-state index in [0.29, 0.717) is 5.92 Å². The molecular formula is C17H27N. The van der Waals surface area contributed by atoms with Crippen LogP contribution in [0, 0.1) is 0 Å². The summed E-state index contributed by atoms with van der Waals surface area (Å²) in [5.74, 6) is 0.371. The van der Waals surface area contributed by atoms with Crippen LogP contribution >= 0.6 is 0 Å². The minimum Gasteiger partial charge on any atom is -0.257 e. The third-order valence-corrected chi connectivity index (χ3v) is 3.26. The van der Waals surface area contributed by atoms with Gasteiger partial charge in [0.1, 0.15) is 0 Å². The first-order chi connectivity index (χ1) is 8.05. The number of aromatic nitrogens is 1. The standard InChI is InChI=1S/C17H27N/c1-9-12(2)13-10-14(16(3,4)5)18-15(11-13)17(6,7)8/h9-12H,1H2,2-8H3. The topological polar surface area (TPSA) is 12.9 Å². The summed E-state index contributed by atoms with van der Waals surface area (Å²) in [6.45, 7) is 19.4. The van der Waals surface area contributed by atoms with E-state index in [2.05, 4.69) is 67.2 Å². The van der Waals surface area contributed by atoms with E-state index in [1.165, 1.54) is 17.0 Å². The van der Waals surface area contributed by atoms with Crippen molar-refractivity contribution in [3.8, 4) is 0 Å². The predicted octanol–water partition coefficient (Wildman–Crippen LogP) is 4.97. The molecule has 1 aromatic rings. The highest BCUT2D eigenvalue weighted by atomic mass is 14.7. The first-order valence-electron chi connectivity index (χ1n) is 6.71. The monoisotopic (exact) mass is 245 g/mol. The van der Waals surface area contributed by atoms with Crippen LogP contribution < -0.4 is 0 Å². The van der Waals surface area contributed by atoms with Crippen LogP contribution in [0.2, 0.25) is 0 Å². The Labute approximate surface area is 112 Å². The molecular weight excluding hydrogens is 218 g/mol. The van der Waals surface area contributed by atoms with Crippen molar-refractivity contribution in [3.63, 3.8) is 0 Å². The van der Waals surface area contributed by atoms with E-state index in [1.807, 2.05) is 6.08 Å². The summed E-state index contributed by atoms with van der Waals surface area (Å²) in [6, 6.07) is 4.45. The van der Waals surface area contributed by atoms with Crippen molar-refractivity contribution in [2.45, 2.75) is 65.2 Å². The molecule has 0 aromatic carbocycles. The Morgan fingerprint density at radius 2 is 1.39 bits per heavy atom. The lowest BCUT2D eigenvalue weighted by Gasteiger charge is -2.25. The van der Waals surface area contributed by atoms with E-state index < -0.39 is 0 Å². The van der Waals surface area contributed by atoms with Gasteiger partial charge < -0.3 is 0 Å². The molecule has 1 heterocycles. The number of rotatable bonds is 2. The van der Waals surface area contributed by atoms with Gasteiger partial charge in [-0.25, -0.2) is 0 Å². The fourth-order valence-electron chi connectivity index (χ4n) is 1.72. The van der Waals surface area contributed by atoms with Gasteiger partial charge in [-0.2, -0.15) is 0 Å². The van der Waals surface area contributed by atoms with Crippen molar-refractivity contribution in [2.75, 3.05) is 0 Å². The summed E-state index contributed by atoms with van der Waals surface area (Å²) in [5, 5.41) is 0. The first kappa shape index (κ1) is 14.9. The molecule has 0 aliphatic carbocycles. The maximum atomic E-state index is 4.86. The maximum Gasteiger partial charge on any atom is 0.0463 e. The summed E-state index contributed by atoms with van der Waals surface area (Å²) in [7, 11) is 0. The molecule has 1 heteroatoms. The molecule has 0 radical (unpaired) electrons. The summed E-state index contributed by atoms with van der Waals surface area (Å²) >= 11 is 0. The summed E-state index contributed by atoms with van der Waals surface area (Å²) in [6.07, 6.45) is 1.99. The summed E-state index contributed by atoms with van der Waals surface area (Å²) < 4.78 is 0. The van der Waals surface area contributed by atoms with Gasteiger partial charge in [0.05, 0.1) is 0 Å². The smallest absolute Gasteiger partial charge is 0.0463 e. The third-order valence-electron chi connectivity index (χ3n) is 3.26. The van der Waals surface area contributed by atoms with Crippen LogP contribution in [0.3, 0.4) is 0 Å². The number of allylic oxidation sites excluding steroid dienone is 1. The van der Waals surface area contributed by atoms with E-state index in [4.69, 9.17) is 4.98 Å². The highest BCUT2D eigenvalue weighted by molar-refractivity contribution is 5.32. The molecule has 0 spiro atoms. The average Bonchev–Trinajstić information content (AvgIpc) is 2.25. The van der Waals surface area contributed by atoms with Crippen LogP contribution in [0.4, 0.5) is 0 Å². The Bertz CT molecular complexity index is 398. The molecule has 0 saturated carbocycles. The zero-order chi connectivity index (χ0) is 14.1. The zero-order valence-electron chi connectivity index (χ0n) is 13.0. The van der Waals surface area contributed by atoms with Crippen LogP contribution in [0.15, 0.2) is 24.8 Å². The van der Waals surface area contributed by atoms with Crippen LogP contribution in [-0.2, 0) is 10.8 Å². The summed E-state index contributed by atoms with van der Waals surface area (Å²) in [4.78, 5) is 4.86. The SMILES string of the molecule is C=CC(C)c1cc(C(C)(C)C)nc(C(C)(C)C)c1. The van der Waals surface area contributed by atoms with Gasteiger partial charge >= 0.3 is 0 Å². The third kappa shape index (κ3) is 3.44. The van der Waals surface area contributed by atoms with Crippen molar-refractivity contribution in [1.29, 1.82) is 0 Å². The molecule has 1 aromatic heterocycles. The van der Waals surface area contributed by atoms with Crippen molar-refractivity contribution in [2.24, 2.45) is 0 Å². The first-order valence-corrected chi connectivity index (χ1v) is 6.71. The molecule has 100 valence electrons. The van der Waals surface area contributed by atoms with Crippen LogP contribution in [0.25, 0.3) is 0 Å². The van der Waals surface area contributed by atoms with Crippen LogP contribution in [0.5, 0.6) is 0 Å². The Kier molecular flexibility index (Phi) is 4.05. The van der Waals surface area contributed by atoms with Gasteiger partial charge in [-0.1, -0.05) is 54.5 Å². The molecule has 18 heavy (non-hydrogen) atoms. The number of hydrogen-bond acceptors (Lipinski definition) is 1. The lowest BCUT2D eigenvalue weighted by Crippen LogP contribution is -2.20. The second-order valence-electron chi connectivity index (χ2n) is 7.20. The molecule has 0 saturated heterocycles. The Balaban J connectivity index is 3.43. The molecule has 0 fully saturated rings. The quantitative estimate of drug-likeness (QED) is 0.671. The lowest BCUT2D eigenvalue weighted by atomic mass is 9.84. The fourth-order valence-corrected chi connectivity index (χ4v) is 1.72. The molecule has 1 nitrogen and oxygen atoms in total. The Hall–Kier alpha value is -1.11. The van der Waals surface area contributed by atoms with Gasteiger partial charge in [0.15, 0.2) is 0 Å². The number of pyridine rings is 1. The van der Waals surface area contributed by atoms with Gasteiger partial charge in [-0.3, -0.25) is 4.98 Å². The van der Waals surface area contributed by atoms with E-state index in [1.54, 1.807) is 0 Å². The minimum atomic E-state index is 0.0803. The van der Waals surface area contributed by atoms with Gasteiger partial charge in [0.2, 0.25) is 0 Å². The van der Waals surface area contributed by atoms with Crippen LogP contribution in [0.1, 0.15) is 71.3 Å². The van der Waals surface area contributed by atoms with E-state index in [9.17, 15) is 0 Å². The second-order valence-corrected chi connectivity index (χ2v) is 7.20. The Morgan fingerprint density at radius 3 is 1.67 bits per heavy atom. The van der Waals surface area contributed by atoms with Gasteiger partial charge in [-0.15, -0.1) is 6.58 Å². The van der Waals surface area contributed by atoms with E-state index >= 15 is 0 Å². The molecule has 0 N–H and O–H groups in total. The molecule has 1 rings (SSSR count). The second kappa shape index (κ2) is 4.87. The van der Waals surface area contributed by atoms with E-state index in [-0.39, 0.29) is 10.8 Å². The van der Waals surface area contributed by atoms with Crippen molar-refractivity contribution in [3.05, 3.63) is 41.7 Å². The maximum absolute atomic E-state index is 4.86. The van der Waals surface area contributed by atoms with E-state index in [0.717, 1.165) is 0 Å². The Morgan fingerprint density at radius 1 is 1.00 bits per heavy atom. The van der Waals surface area contributed by atoms with Crippen LogP contribution in [-0.4, -0.2) is 4.98 Å². The lowest BCUT2D eigenvalue weighted by molar-refractivity contribution is 0.528. The van der Waals surface area contributed by atoms with Crippen molar-refractivity contribution < 1.29 is 0 Å². The summed E-state index contributed by atoms with van der Waals surface area (Å²) in [5.41, 5.74) is 3.81. The minimum absolute atomic E-state index is 0.0803. The predicted molar refractivity (Wildman–Crippen MR) is 80.2 cm³/mol. The fraction of sp³-hybridized carbons (Fsp3) is 0.588. The number of nitrogens with zero attached hydrogens (tertiary/aromatic N) is 1. The molecule has 0 bridgehead atoms. The number of hydrogen-bond donors (Lipinski definition) is 0. The molecule has 0 aliphatic heterocycles. The largest absolute Gasteiger partial charge is 0.257 e. The highest BCUT2D eigenvalue weighted by Gasteiger charge is 2.22. The highest BCUT2D eigenvalue weighted by Crippen LogP contribution is 2.29. The average molecular weight is 245 g/mol. The zero-order valence-corrected chi connectivity index (χ0v) is 13.0. The molecule has 0 amide bonds. The molecule has 0 aliphatic rings. The van der Waals surface area contributed by atoms with Gasteiger partial charge in [0.25, 0.3) is 0 Å². The molecule has 1 atom stereocenters. The molecule has 1 unspecified atom stereocenters. The van der Waals surface area contributed by atoms with Crippen molar-refractivity contribution in [1.82, 2.24) is 4.98 Å². The van der Waals surface area contributed by atoms with Gasteiger partial charge in [0, 0.05) is 22.2 Å². The van der Waals surface area contributed by atoms with Gasteiger partial charge in [-0.05, 0) is 23.6 Å². The normalized spacial score (nSPS) is 14.4. The van der Waals surface area contributed by atoms with Crippen molar-refractivity contribution >= 4 is 0 Å².